The molecule has 0 radical (unpaired) electrons. The molecule has 0 aromatic heterocycles. The molecule has 2 aliphatic heterocycles. The molecule has 2 unspecified atom stereocenters. The summed E-state index contributed by atoms with van der Waals surface area (Å²) in [5.41, 5.74) is 4.46. The lowest BCUT2D eigenvalue weighted by atomic mass is 9.82. The Labute approximate surface area is 185 Å². The first-order valence-electron chi connectivity index (χ1n) is 11.2. The van der Waals surface area contributed by atoms with Crippen molar-refractivity contribution in [1.82, 2.24) is 4.90 Å². The van der Waals surface area contributed by atoms with Crippen LogP contribution in [0.4, 0.5) is 0 Å². The lowest BCUT2D eigenvalue weighted by Gasteiger charge is -2.22. The summed E-state index contributed by atoms with van der Waals surface area (Å²) in [6.07, 6.45) is 11.7. The first kappa shape index (κ1) is 21.4. The average Bonchev–Trinajstić information content (AvgIpc) is 3.41. The predicted octanol–water partition coefficient (Wildman–Crippen LogP) is 5.05. The highest BCUT2D eigenvalue weighted by Gasteiger charge is 2.37. The van der Waals surface area contributed by atoms with Crippen LogP contribution < -0.4 is 9.47 Å². The van der Waals surface area contributed by atoms with Gasteiger partial charge < -0.3 is 14.4 Å². The number of allylic oxidation sites excluding steroid dienone is 5. The zero-order chi connectivity index (χ0) is 22.0. The summed E-state index contributed by atoms with van der Waals surface area (Å²) in [6.45, 7) is 6.02. The van der Waals surface area contributed by atoms with Gasteiger partial charge in [0.1, 0.15) is 0 Å². The number of ether oxygens (including phenoxy) is 2. The van der Waals surface area contributed by atoms with E-state index in [1.54, 1.807) is 26.4 Å². The van der Waals surface area contributed by atoms with Crippen LogP contribution >= 0.6 is 0 Å². The third-order valence-corrected chi connectivity index (χ3v) is 6.44. The molecule has 1 fully saturated rings. The minimum absolute atomic E-state index is 0.0472. The second-order valence-electron chi connectivity index (χ2n) is 8.90. The van der Waals surface area contributed by atoms with Crippen LogP contribution in [-0.4, -0.2) is 43.8 Å². The molecule has 0 bridgehead atoms. The largest absolute Gasteiger partial charge is 0.493 e. The van der Waals surface area contributed by atoms with E-state index in [1.807, 2.05) is 11.0 Å². The Balaban J connectivity index is 1.53. The van der Waals surface area contributed by atoms with Crippen molar-refractivity contribution in [2.75, 3.05) is 27.3 Å². The van der Waals surface area contributed by atoms with Crippen molar-refractivity contribution in [3.8, 4) is 11.5 Å². The zero-order valence-electron chi connectivity index (χ0n) is 18.9. The molecule has 4 rings (SSSR count). The van der Waals surface area contributed by atoms with Crippen LogP contribution in [0.3, 0.4) is 0 Å². The Hall–Kier alpha value is -2.82. The van der Waals surface area contributed by atoms with Gasteiger partial charge in [-0.1, -0.05) is 32.1 Å². The van der Waals surface area contributed by atoms with E-state index < -0.39 is 0 Å². The van der Waals surface area contributed by atoms with Crippen LogP contribution in [0.5, 0.6) is 11.5 Å². The molecule has 2 heterocycles. The fourth-order valence-electron chi connectivity index (χ4n) is 4.77. The predicted molar refractivity (Wildman–Crippen MR) is 124 cm³/mol. The monoisotopic (exact) mass is 420 g/mol. The Morgan fingerprint density at radius 1 is 1.19 bits per heavy atom. The summed E-state index contributed by atoms with van der Waals surface area (Å²) in [5.74, 6) is 2.53. The SMILES string of the molecule is COc1ccc(C(=O)N2CCC(C3=C(CCC(C)C)N=C4C=CC=CC43)C2)cc1OC. The van der Waals surface area contributed by atoms with Gasteiger partial charge in [-0.15, -0.1) is 0 Å². The highest BCUT2D eigenvalue weighted by molar-refractivity contribution is 6.04. The van der Waals surface area contributed by atoms with Crippen molar-refractivity contribution >= 4 is 11.6 Å². The number of aliphatic imine (C=N–C) groups is 1. The second-order valence-corrected chi connectivity index (χ2v) is 8.90. The quantitative estimate of drug-likeness (QED) is 0.620. The first-order valence-corrected chi connectivity index (χ1v) is 11.2. The van der Waals surface area contributed by atoms with E-state index >= 15 is 0 Å². The fraction of sp³-hybridized carbons (Fsp3) is 0.462. The van der Waals surface area contributed by atoms with Crippen molar-refractivity contribution in [3.63, 3.8) is 0 Å². The normalized spacial score (nSPS) is 22.2. The molecule has 1 saturated heterocycles. The van der Waals surface area contributed by atoms with Crippen molar-refractivity contribution in [3.05, 3.63) is 59.3 Å². The zero-order valence-corrected chi connectivity index (χ0v) is 18.9. The number of nitrogens with zero attached hydrogens (tertiary/aromatic N) is 2. The number of rotatable bonds is 7. The number of hydrogen-bond donors (Lipinski definition) is 0. The van der Waals surface area contributed by atoms with E-state index in [-0.39, 0.29) is 11.8 Å². The standard InChI is InChI=1S/C26H32N2O3/c1-17(2)9-11-22-25(20-7-5-6-8-21(20)27-22)19-13-14-28(16-19)26(29)18-10-12-23(30-3)24(15-18)31-4/h5-8,10,12,15,17,19-20H,9,11,13-14,16H2,1-4H3. The Bertz CT molecular complexity index is 971. The molecule has 0 spiro atoms. The van der Waals surface area contributed by atoms with Crippen LogP contribution in [0.1, 0.15) is 43.5 Å². The first-order chi connectivity index (χ1) is 15.0. The van der Waals surface area contributed by atoms with Crippen molar-refractivity contribution in [2.45, 2.75) is 33.1 Å². The van der Waals surface area contributed by atoms with Crippen LogP contribution in [0.25, 0.3) is 0 Å². The molecule has 1 aromatic carbocycles. The maximum absolute atomic E-state index is 13.2. The van der Waals surface area contributed by atoms with E-state index in [9.17, 15) is 4.79 Å². The van der Waals surface area contributed by atoms with Crippen LogP contribution in [0.2, 0.25) is 0 Å². The van der Waals surface area contributed by atoms with Gasteiger partial charge in [-0.05, 0) is 55.0 Å². The minimum Gasteiger partial charge on any atom is -0.493 e. The summed E-state index contributed by atoms with van der Waals surface area (Å²) in [6, 6.07) is 5.38. The van der Waals surface area contributed by atoms with E-state index in [2.05, 4.69) is 38.2 Å². The molecule has 1 aliphatic carbocycles. The molecule has 3 aliphatic rings. The average molecular weight is 421 g/mol. The number of fused-ring (bicyclic) bond motifs is 1. The van der Waals surface area contributed by atoms with Gasteiger partial charge in [-0.2, -0.15) is 0 Å². The van der Waals surface area contributed by atoms with Gasteiger partial charge in [-0.25, -0.2) is 0 Å². The van der Waals surface area contributed by atoms with Gasteiger partial charge in [0.05, 0.1) is 19.9 Å². The number of hydrogen-bond acceptors (Lipinski definition) is 4. The maximum Gasteiger partial charge on any atom is 0.254 e. The Kier molecular flexibility index (Phi) is 6.30. The minimum atomic E-state index is 0.0472. The molecule has 0 saturated carbocycles. The van der Waals surface area contributed by atoms with Gasteiger partial charge in [0.25, 0.3) is 5.91 Å². The summed E-state index contributed by atoms with van der Waals surface area (Å²) in [4.78, 5) is 20.2. The smallest absolute Gasteiger partial charge is 0.254 e. The molecule has 5 heteroatoms. The van der Waals surface area contributed by atoms with Crippen LogP contribution in [0, 0.1) is 17.8 Å². The fourth-order valence-corrected chi connectivity index (χ4v) is 4.77. The van der Waals surface area contributed by atoms with Gasteiger partial charge in [0.15, 0.2) is 11.5 Å². The molecular weight excluding hydrogens is 388 g/mol. The Morgan fingerprint density at radius 3 is 2.74 bits per heavy atom. The highest BCUT2D eigenvalue weighted by Crippen LogP contribution is 2.41. The van der Waals surface area contributed by atoms with Crippen molar-refractivity contribution in [1.29, 1.82) is 0 Å². The highest BCUT2D eigenvalue weighted by atomic mass is 16.5. The summed E-state index contributed by atoms with van der Waals surface area (Å²) in [5, 5.41) is 0. The molecule has 5 nitrogen and oxygen atoms in total. The molecule has 1 amide bonds. The van der Waals surface area contributed by atoms with Gasteiger partial charge >= 0.3 is 0 Å². The number of carbonyl (C=O) groups is 1. The van der Waals surface area contributed by atoms with Gasteiger partial charge in [-0.3, -0.25) is 9.79 Å². The third kappa shape index (κ3) is 4.32. The lowest BCUT2D eigenvalue weighted by Crippen LogP contribution is -2.29. The number of carbonyl (C=O) groups excluding carboxylic acids is 1. The molecule has 1 aromatic rings. The number of likely N-dealkylation sites (tertiary alicyclic amines) is 1. The molecular formula is C26H32N2O3. The Morgan fingerprint density at radius 2 is 2.00 bits per heavy atom. The number of benzene rings is 1. The molecule has 0 N–H and O–H groups in total. The summed E-state index contributed by atoms with van der Waals surface area (Å²) < 4.78 is 10.7. The molecule has 2 atom stereocenters. The van der Waals surface area contributed by atoms with E-state index in [0.29, 0.717) is 28.9 Å². The summed E-state index contributed by atoms with van der Waals surface area (Å²) in [7, 11) is 3.19. The lowest BCUT2D eigenvalue weighted by molar-refractivity contribution is 0.0788. The number of amides is 1. The maximum atomic E-state index is 13.2. The van der Waals surface area contributed by atoms with Gasteiger partial charge in [0, 0.05) is 36.2 Å². The van der Waals surface area contributed by atoms with Crippen LogP contribution in [-0.2, 0) is 0 Å². The molecule has 31 heavy (non-hydrogen) atoms. The van der Waals surface area contributed by atoms with E-state index in [4.69, 9.17) is 14.5 Å². The second kappa shape index (κ2) is 9.13. The van der Waals surface area contributed by atoms with E-state index in [1.165, 1.54) is 11.3 Å². The summed E-state index contributed by atoms with van der Waals surface area (Å²) >= 11 is 0. The van der Waals surface area contributed by atoms with Crippen molar-refractivity contribution in [2.24, 2.45) is 22.7 Å². The van der Waals surface area contributed by atoms with Crippen LogP contribution in [0.15, 0.2) is 58.8 Å². The van der Waals surface area contributed by atoms with Gasteiger partial charge in [0.2, 0.25) is 0 Å². The van der Waals surface area contributed by atoms with Crippen molar-refractivity contribution < 1.29 is 14.3 Å². The third-order valence-electron chi connectivity index (χ3n) is 6.44. The number of methoxy groups -OCH3 is 2. The topological polar surface area (TPSA) is 51.1 Å². The van der Waals surface area contributed by atoms with E-state index in [0.717, 1.165) is 38.1 Å². The molecule has 164 valence electrons.